The minimum Gasteiger partial charge on any atom is -0.385 e. The number of nitrogens with zero attached hydrogens (tertiary/aromatic N) is 2. The van der Waals surface area contributed by atoms with Gasteiger partial charge in [0.05, 0.1) is 6.54 Å². The Bertz CT molecular complexity index is 490. The van der Waals surface area contributed by atoms with Crippen molar-refractivity contribution >= 4 is 17.5 Å². The van der Waals surface area contributed by atoms with Gasteiger partial charge in [0.25, 0.3) is 5.91 Å². The maximum absolute atomic E-state index is 12.4. The first-order valence-corrected chi connectivity index (χ1v) is 6.96. The predicted octanol–water partition coefficient (Wildman–Crippen LogP) is 0.866. The number of carbonyl (C=O) groups is 2. The molecule has 2 rings (SSSR count). The van der Waals surface area contributed by atoms with Gasteiger partial charge in [-0.1, -0.05) is 6.92 Å². The van der Waals surface area contributed by atoms with Gasteiger partial charge in [0.2, 0.25) is 5.91 Å². The molecule has 2 N–H and O–H groups in total. The summed E-state index contributed by atoms with van der Waals surface area (Å²) in [6.45, 7) is 4.23. The summed E-state index contributed by atoms with van der Waals surface area (Å²) in [4.78, 5) is 29.5. The van der Waals surface area contributed by atoms with E-state index in [1.54, 1.807) is 17.2 Å². The number of rotatable bonds is 4. The number of anilines is 1. The van der Waals surface area contributed by atoms with Crippen LogP contribution in [0.3, 0.4) is 0 Å². The standard InChI is InChI=1S/C14H20N4O2/c1-2-5-15-11-4-7-16-12(9-11)14(20)18-8-3-6-17-13(19)10-18/h4,7,9H,2-3,5-6,8,10H2,1H3,(H,15,16)(H,17,19). The fourth-order valence-corrected chi connectivity index (χ4v) is 2.07. The van der Waals surface area contributed by atoms with Gasteiger partial charge in [-0.05, 0) is 25.0 Å². The molecule has 6 nitrogen and oxygen atoms in total. The quantitative estimate of drug-likeness (QED) is 0.855. The first-order chi connectivity index (χ1) is 9.70. The fourth-order valence-electron chi connectivity index (χ4n) is 2.07. The van der Waals surface area contributed by atoms with Gasteiger partial charge in [-0.15, -0.1) is 0 Å². The average Bonchev–Trinajstić information content (AvgIpc) is 2.69. The summed E-state index contributed by atoms with van der Waals surface area (Å²) in [5.74, 6) is -0.307. The van der Waals surface area contributed by atoms with Crippen LogP contribution in [0.15, 0.2) is 18.3 Å². The SMILES string of the molecule is CCCNc1ccnc(C(=O)N2CCCNC(=O)C2)c1. The van der Waals surface area contributed by atoms with E-state index in [0.29, 0.717) is 18.8 Å². The molecule has 6 heteroatoms. The van der Waals surface area contributed by atoms with Crippen molar-refractivity contribution in [1.82, 2.24) is 15.2 Å². The summed E-state index contributed by atoms with van der Waals surface area (Å²) in [5.41, 5.74) is 1.25. The molecule has 20 heavy (non-hydrogen) atoms. The van der Waals surface area contributed by atoms with Crippen LogP contribution in [0.2, 0.25) is 0 Å². The second-order valence-corrected chi connectivity index (χ2v) is 4.79. The topological polar surface area (TPSA) is 74.3 Å². The first kappa shape index (κ1) is 14.3. The van der Waals surface area contributed by atoms with E-state index >= 15 is 0 Å². The van der Waals surface area contributed by atoms with E-state index in [2.05, 4.69) is 22.5 Å². The molecule has 1 aromatic rings. The summed E-state index contributed by atoms with van der Waals surface area (Å²) in [6.07, 6.45) is 3.40. The summed E-state index contributed by atoms with van der Waals surface area (Å²) in [5, 5.41) is 5.98. The third kappa shape index (κ3) is 3.69. The van der Waals surface area contributed by atoms with E-state index in [1.807, 2.05) is 6.07 Å². The van der Waals surface area contributed by atoms with Gasteiger partial charge in [0.1, 0.15) is 5.69 Å². The molecule has 1 aliphatic rings. The van der Waals surface area contributed by atoms with Crippen LogP contribution < -0.4 is 10.6 Å². The summed E-state index contributed by atoms with van der Waals surface area (Å²) < 4.78 is 0. The lowest BCUT2D eigenvalue weighted by Crippen LogP contribution is -2.37. The zero-order valence-corrected chi connectivity index (χ0v) is 11.7. The minimum atomic E-state index is -0.192. The Labute approximate surface area is 118 Å². The fraction of sp³-hybridized carbons (Fsp3) is 0.500. The van der Waals surface area contributed by atoms with Gasteiger partial charge < -0.3 is 15.5 Å². The van der Waals surface area contributed by atoms with E-state index in [4.69, 9.17) is 0 Å². The first-order valence-electron chi connectivity index (χ1n) is 6.96. The van der Waals surface area contributed by atoms with Gasteiger partial charge in [-0.25, -0.2) is 0 Å². The Hall–Kier alpha value is -2.11. The van der Waals surface area contributed by atoms with Gasteiger partial charge in [-0.2, -0.15) is 0 Å². The second-order valence-electron chi connectivity index (χ2n) is 4.79. The molecule has 2 heterocycles. The van der Waals surface area contributed by atoms with Gasteiger partial charge >= 0.3 is 0 Å². The number of hydrogen-bond donors (Lipinski definition) is 2. The van der Waals surface area contributed by atoms with Crippen molar-refractivity contribution in [2.24, 2.45) is 0 Å². The van der Waals surface area contributed by atoms with Crippen molar-refractivity contribution in [2.75, 3.05) is 31.5 Å². The smallest absolute Gasteiger partial charge is 0.272 e. The molecule has 0 saturated carbocycles. The number of pyridine rings is 1. The molecule has 0 bridgehead atoms. The zero-order valence-electron chi connectivity index (χ0n) is 11.7. The van der Waals surface area contributed by atoms with Crippen LogP contribution in [0.1, 0.15) is 30.3 Å². The normalized spacial score (nSPS) is 15.4. The molecular weight excluding hydrogens is 256 g/mol. The maximum atomic E-state index is 12.4. The molecule has 0 spiro atoms. The van der Waals surface area contributed by atoms with Crippen molar-refractivity contribution in [3.05, 3.63) is 24.0 Å². The molecule has 0 radical (unpaired) electrons. The van der Waals surface area contributed by atoms with Crippen molar-refractivity contribution in [2.45, 2.75) is 19.8 Å². The molecule has 2 amide bonds. The van der Waals surface area contributed by atoms with E-state index in [-0.39, 0.29) is 18.4 Å². The highest BCUT2D eigenvalue weighted by atomic mass is 16.2. The van der Waals surface area contributed by atoms with Crippen molar-refractivity contribution in [3.63, 3.8) is 0 Å². The average molecular weight is 276 g/mol. The molecule has 1 aromatic heterocycles. The summed E-state index contributed by atoms with van der Waals surface area (Å²) in [6, 6.07) is 3.57. The monoisotopic (exact) mass is 276 g/mol. The van der Waals surface area contributed by atoms with Crippen LogP contribution in [0, 0.1) is 0 Å². The van der Waals surface area contributed by atoms with E-state index < -0.39 is 0 Å². The highest BCUT2D eigenvalue weighted by molar-refractivity contribution is 5.95. The molecule has 1 aliphatic heterocycles. The Kier molecular flexibility index (Phi) is 4.92. The van der Waals surface area contributed by atoms with Crippen LogP contribution in [0.4, 0.5) is 5.69 Å². The lowest BCUT2D eigenvalue weighted by Gasteiger charge is -2.18. The summed E-state index contributed by atoms with van der Waals surface area (Å²) in [7, 11) is 0. The van der Waals surface area contributed by atoms with Crippen LogP contribution in [-0.2, 0) is 4.79 Å². The van der Waals surface area contributed by atoms with E-state index in [9.17, 15) is 9.59 Å². The Balaban J connectivity index is 2.09. The third-order valence-electron chi connectivity index (χ3n) is 3.11. The Morgan fingerprint density at radius 2 is 2.40 bits per heavy atom. The third-order valence-corrected chi connectivity index (χ3v) is 3.11. The number of amides is 2. The van der Waals surface area contributed by atoms with Crippen LogP contribution >= 0.6 is 0 Å². The van der Waals surface area contributed by atoms with Gasteiger partial charge in [-0.3, -0.25) is 14.6 Å². The second kappa shape index (κ2) is 6.88. The highest BCUT2D eigenvalue weighted by Gasteiger charge is 2.21. The van der Waals surface area contributed by atoms with E-state index in [1.165, 1.54) is 0 Å². The molecule has 1 fully saturated rings. The number of carbonyl (C=O) groups excluding carboxylic acids is 2. The lowest BCUT2D eigenvalue weighted by molar-refractivity contribution is -0.121. The van der Waals surface area contributed by atoms with Gasteiger partial charge in [0, 0.05) is 31.5 Å². The van der Waals surface area contributed by atoms with Gasteiger partial charge in [0.15, 0.2) is 0 Å². The highest BCUT2D eigenvalue weighted by Crippen LogP contribution is 2.11. The van der Waals surface area contributed by atoms with Crippen molar-refractivity contribution in [3.8, 4) is 0 Å². The number of aromatic nitrogens is 1. The molecule has 0 atom stereocenters. The van der Waals surface area contributed by atoms with E-state index in [0.717, 1.165) is 25.1 Å². The lowest BCUT2D eigenvalue weighted by atomic mass is 10.2. The van der Waals surface area contributed by atoms with Crippen LogP contribution in [0.5, 0.6) is 0 Å². The summed E-state index contributed by atoms with van der Waals surface area (Å²) >= 11 is 0. The molecule has 108 valence electrons. The minimum absolute atomic E-state index is 0.104. The number of nitrogens with one attached hydrogen (secondary N) is 2. The molecule has 0 aromatic carbocycles. The Morgan fingerprint density at radius 1 is 1.55 bits per heavy atom. The van der Waals surface area contributed by atoms with Crippen molar-refractivity contribution < 1.29 is 9.59 Å². The zero-order chi connectivity index (χ0) is 14.4. The maximum Gasteiger partial charge on any atom is 0.272 e. The van der Waals surface area contributed by atoms with Crippen LogP contribution in [-0.4, -0.2) is 47.9 Å². The largest absolute Gasteiger partial charge is 0.385 e. The molecule has 1 saturated heterocycles. The predicted molar refractivity (Wildman–Crippen MR) is 76.5 cm³/mol. The van der Waals surface area contributed by atoms with Crippen molar-refractivity contribution in [1.29, 1.82) is 0 Å². The molecule has 0 aliphatic carbocycles. The Morgan fingerprint density at radius 3 is 3.20 bits per heavy atom. The molecule has 0 unspecified atom stereocenters. The molecular formula is C14H20N4O2. The van der Waals surface area contributed by atoms with Crippen LogP contribution in [0.25, 0.3) is 0 Å². The number of hydrogen-bond acceptors (Lipinski definition) is 4.